The Morgan fingerprint density at radius 1 is 1.18 bits per heavy atom. The maximum absolute atomic E-state index is 13.9. The molecule has 2 heterocycles. The molecule has 40 heavy (non-hydrogen) atoms. The van der Waals surface area contributed by atoms with Gasteiger partial charge in [-0.1, -0.05) is 30.1 Å². The van der Waals surface area contributed by atoms with E-state index in [1.54, 1.807) is 6.92 Å². The Labute approximate surface area is 244 Å². The van der Waals surface area contributed by atoms with Crippen LogP contribution in [0.25, 0.3) is 0 Å². The van der Waals surface area contributed by atoms with Crippen LogP contribution in [0.3, 0.4) is 0 Å². The number of thiophene rings is 1. The molecule has 1 saturated heterocycles. The third kappa shape index (κ3) is 7.15. The number of rotatable bonds is 9. The zero-order valence-corrected chi connectivity index (χ0v) is 24.7. The maximum Gasteiger partial charge on any atom is 0.416 e. The van der Waals surface area contributed by atoms with Crippen LogP contribution in [0.15, 0.2) is 34.5 Å². The van der Waals surface area contributed by atoms with Gasteiger partial charge in [0.1, 0.15) is 10.3 Å². The minimum atomic E-state index is -4.77. The van der Waals surface area contributed by atoms with Gasteiger partial charge in [0.05, 0.1) is 20.6 Å². The lowest BCUT2D eigenvalue weighted by Gasteiger charge is -2.38. The fraction of sp³-hybridized carbons (Fsp3) is 0.520. The number of anilines is 1. The van der Waals surface area contributed by atoms with Crippen molar-refractivity contribution in [3.8, 4) is 0 Å². The molecule has 0 spiro atoms. The predicted octanol–water partition coefficient (Wildman–Crippen LogP) is 5.75. The third-order valence-corrected chi connectivity index (χ3v) is 10.7. The van der Waals surface area contributed by atoms with Crippen LogP contribution in [-0.4, -0.2) is 57.0 Å². The van der Waals surface area contributed by atoms with Gasteiger partial charge in [0, 0.05) is 25.7 Å². The van der Waals surface area contributed by atoms with Crippen molar-refractivity contribution in [2.45, 2.75) is 61.5 Å². The van der Waals surface area contributed by atoms with Gasteiger partial charge < -0.3 is 15.5 Å². The molecule has 2 atom stereocenters. The minimum absolute atomic E-state index is 0.0348. The van der Waals surface area contributed by atoms with Gasteiger partial charge in [-0.15, -0.1) is 11.3 Å². The average molecular weight is 642 g/mol. The molecule has 0 radical (unpaired) electrons. The monoisotopic (exact) mass is 640 g/mol. The molecule has 1 aromatic heterocycles. The zero-order valence-electron chi connectivity index (χ0n) is 21.5. The molecule has 1 aliphatic heterocycles. The Kier molecular flexibility index (Phi) is 9.48. The minimum Gasteiger partial charge on any atom is -0.341 e. The predicted molar refractivity (Wildman–Crippen MR) is 148 cm³/mol. The first-order valence-electron chi connectivity index (χ1n) is 12.8. The van der Waals surface area contributed by atoms with Crippen LogP contribution in [-0.2, 0) is 21.0 Å². The van der Waals surface area contributed by atoms with Crippen molar-refractivity contribution in [1.29, 1.82) is 0 Å². The highest BCUT2D eigenvalue weighted by Gasteiger charge is 2.41. The molecule has 220 valence electrons. The van der Waals surface area contributed by atoms with Crippen molar-refractivity contribution < 1.29 is 31.2 Å². The molecule has 15 heteroatoms. The Hall–Kier alpha value is -2.22. The number of carbonyl (C=O) groups is 2. The molecule has 1 aliphatic carbocycles. The second-order valence-corrected chi connectivity index (χ2v) is 14.0. The highest BCUT2D eigenvalue weighted by atomic mass is 35.5. The van der Waals surface area contributed by atoms with E-state index < -0.39 is 39.4 Å². The molecular weight excluding hydrogens is 612 g/mol. The summed E-state index contributed by atoms with van der Waals surface area (Å²) in [5.74, 6) is -0.632. The molecule has 2 aromatic rings. The summed E-state index contributed by atoms with van der Waals surface area (Å²) in [7, 11) is -4.55. The topological polar surface area (TPSA) is 98.8 Å². The molecule has 1 saturated carbocycles. The van der Waals surface area contributed by atoms with Crippen LogP contribution in [0.4, 0.5) is 23.7 Å². The second kappa shape index (κ2) is 12.3. The highest BCUT2D eigenvalue weighted by molar-refractivity contribution is 7.94. The van der Waals surface area contributed by atoms with Crippen LogP contribution in [0.5, 0.6) is 0 Å². The van der Waals surface area contributed by atoms with Crippen molar-refractivity contribution in [2.24, 2.45) is 5.92 Å². The van der Waals surface area contributed by atoms with E-state index in [-0.39, 0.29) is 44.5 Å². The summed E-state index contributed by atoms with van der Waals surface area (Å²) in [6, 6.07) is 3.51. The number of hydrogen-bond acceptors (Lipinski definition) is 5. The number of sulfonamides is 1. The summed E-state index contributed by atoms with van der Waals surface area (Å²) in [4.78, 5) is 27.5. The number of halogens is 5. The molecule has 1 aromatic carbocycles. The number of nitrogens with one attached hydrogen (secondary N) is 2. The number of amides is 3. The van der Waals surface area contributed by atoms with Gasteiger partial charge in [-0.05, 0) is 68.4 Å². The molecule has 4 rings (SSSR count). The Bertz CT molecular complexity index is 1350. The summed E-state index contributed by atoms with van der Waals surface area (Å²) in [6.45, 7) is 2.51. The Morgan fingerprint density at radius 3 is 2.50 bits per heavy atom. The fourth-order valence-electron chi connectivity index (χ4n) is 4.64. The van der Waals surface area contributed by atoms with Gasteiger partial charge in [-0.2, -0.15) is 13.2 Å². The first kappa shape index (κ1) is 30.7. The van der Waals surface area contributed by atoms with Crippen molar-refractivity contribution in [2.75, 3.05) is 23.9 Å². The van der Waals surface area contributed by atoms with E-state index in [1.165, 1.54) is 17.0 Å². The number of alkyl halides is 3. The van der Waals surface area contributed by atoms with E-state index in [1.807, 2.05) is 0 Å². The number of benzene rings is 1. The molecule has 8 nitrogen and oxygen atoms in total. The molecule has 2 fully saturated rings. The van der Waals surface area contributed by atoms with E-state index in [9.17, 15) is 31.2 Å². The van der Waals surface area contributed by atoms with E-state index in [2.05, 4.69) is 10.6 Å². The van der Waals surface area contributed by atoms with Gasteiger partial charge in [0.15, 0.2) is 0 Å². The largest absolute Gasteiger partial charge is 0.416 e. The van der Waals surface area contributed by atoms with Crippen LogP contribution >= 0.6 is 34.5 Å². The van der Waals surface area contributed by atoms with E-state index in [0.29, 0.717) is 29.9 Å². The molecule has 0 unspecified atom stereocenters. The summed E-state index contributed by atoms with van der Waals surface area (Å²) < 4.78 is 69.3. The lowest BCUT2D eigenvalue weighted by Crippen LogP contribution is -2.54. The van der Waals surface area contributed by atoms with Gasteiger partial charge in [-0.25, -0.2) is 13.2 Å². The second-order valence-electron chi connectivity index (χ2n) is 9.87. The number of piperidine rings is 1. The van der Waals surface area contributed by atoms with Crippen molar-refractivity contribution in [3.63, 3.8) is 0 Å². The van der Waals surface area contributed by atoms with E-state index >= 15 is 0 Å². The average Bonchev–Trinajstić information content (AvgIpc) is 3.60. The summed E-state index contributed by atoms with van der Waals surface area (Å²) in [5.41, 5.74) is -1.56. The lowest BCUT2D eigenvalue weighted by atomic mass is 9.97. The van der Waals surface area contributed by atoms with Gasteiger partial charge in [0.2, 0.25) is 5.91 Å². The van der Waals surface area contributed by atoms with Crippen molar-refractivity contribution in [3.05, 3.63) is 45.3 Å². The number of urea groups is 1. The summed E-state index contributed by atoms with van der Waals surface area (Å²) >= 11 is 13.0. The maximum atomic E-state index is 13.9. The van der Waals surface area contributed by atoms with E-state index in [4.69, 9.17) is 23.2 Å². The van der Waals surface area contributed by atoms with Gasteiger partial charge in [0.25, 0.3) is 10.0 Å². The normalized spacial score (nSPS) is 18.8. The molecular formula is C25H29Cl2F3N4O4S2. The first-order valence-corrected chi connectivity index (χ1v) is 15.8. The Morgan fingerprint density at radius 2 is 1.90 bits per heavy atom. The lowest BCUT2D eigenvalue weighted by molar-refractivity contribution is -0.137. The standard InChI is InChI=1S/C25H29Cl2F3N4O4S2/c1-2-19(23(35)33-11-3-4-15(14-33)13-31-24(36)32-17-6-7-17)34(40(37,38)22-10-9-21(27)39-22)20-12-16(25(28,29)30)5-8-18(20)26/h5,8-10,12,15,17,19H,2-4,6-7,11,13-14H2,1H3,(H2,31,32,36)/t15-,19+/m1/s1. The third-order valence-electron chi connectivity index (χ3n) is 6.82. The quantitative estimate of drug-likeness (QED) is 0.365. The van der Waals surface area contributed by atoms with Crippen LogP contribution in [0, 0.1) is 5.92 Å². The van der Waals surface area contributed by atoms with Crippen molar-refractivity contribution >= 4 is 62.2 Å². The smallest absolute Gasteiger partial charge is 0.341 e. The first-order chi connectivity index (χ1) is 18.8. The molecule has 0 bridgehead atoms. The number of carbonyl (C=O) groups excluding carboxylic acids is 2. The summed E-state index contributed by atoms with van der Waals surface area (Å²) in [6.07, 6.45) is -1.54. The zero-order chi connectivity index (χ0) is 29.2. The highest BCUT2D eigenvalue weighted by Crippen LogP contribution is 2.40. The number of nitrogens with zero attached hydrogens (tertiary/aromatic N) is 2. The van der Waals surface area contributed by atoms with Crippen LogP contribution < -0.4 is 14.9 Å². The van der Waals surface area contributed by atoms with Gasteiger partial charge >= 0.3 is 12.2 Å². The van der Waals surface area contributed by atoms with Crippen LogP contribution in [0.1, 0.15) is 44.6 Å². The summed E-state index contributed by atoms with van der Waals surface area (Å²) in [5, 5.41) is 5.40. The fourth-order valence-corrected chi connectivity index (χ4v) is 8.16. The molecule has 3 amide bonds. The SMILES string of the molecule is CC[C@@H](C(=O)N1CCC[C@H](CNC(=O)NC2CC2)C1)N(c1cc(C(F)(F)F)ccc1Cl)S(=O)(=O)c1ccc(Cl)s1. The van der Waals surface area contributed by atoms with E-state index in [0.717, 1.165) is 42.7 Å². The molecule has 2 N–H and O–H groups in total. The Balaban J connectivity index is 1.65. The van der Waals surface area contributed by atoms with Crippen molar-refractivity contribution in [1.82, 2.24) is 15.5 Å². The van der Waals surface area contributed by atoms with Crippen LogP contribution in [0.2, 0.25) is 9.36 Å². The number of hydrogen-bond donors (Lipinski definition) is 2. The van der Waals surface area contributed by atoms with Gasteiger partial charge in [-0.3, -0.25) is 9.10 Å². The number of likely N-dealkylation sites (tertiary alicyclic amines) is 1. The molecule has 2 aliphatic rings.